The maximum atomic E-state index is 12.1. The molecule has 1 unspecified atom stereocenters. The first-order valence-electron chi connectivity index (χ1n) is 8.94. The number of aliphatic hydroxyl groups is 1. The predicted octanol–water partition coefficient (Wildman–Crippen LogP) is 3.93. The molecule has 2 aromatic rings. The number of hydrogen-bond acceptors (Lipinski definition) is 3. The van der Waals surface area contributed by atoms with E-state index >= 15 is 0 Å². The molecule has 0 saturated carbocycles. The molecule has 1 aliphatic carbocycles. The molecule has 0 fully saturated rings. The maximum Gasteiger partial charge on any atom is 0.407 e. The molecule has 0 saturated heterocycles. The Balaban J connectivity index is 1.63. The van der Waals surface area contributed by atoms with Crippen LogP contribution in [-0.2, 0) is 4.74 Å². The van der Waals surface area contributed by atoms with Crippen molar-refractivity contribution in [1.82, 2.24) is 5.32 Å². The summed E-state index contributed by atoms with van der Waals surface area (Å²) < 4.78 is 5.50. The molecule has 1 amide bonds. The highest BCUT2D eigenvalue weighted by Gasteiger charge is 2.28. The molecule has 0 aromatic heterocycles. The lowest BCUT2D eigenvalue weighted by molar-refractivity contribution is 0.140. The van der Waals surface area contributed by atoms with Gasteiger partial charge in [-0.25, -0.2) is 4.79 Å². The number of rotatable bonds is 7. The first kappa shape index (κ1) is 17.5. The molecule has 25 heavy (non-hydrogen) atoms. The SMILES string of the molecule is CCC(CCO)CNC(=O)OCC1c2ccccc2-c2ccccc21. The molecule has 2 N–H and O–H groups in total. The van der Waals surface area contributed by atoms with E-state index in [1.54, 1.807) is 0 Å². The number of hydrogen-bond donors (Lipinski definition) is 2. The van der Waals surface area contributed by atoms with Crippen LogP contribution in [0.1, 0.15) is 36.8 Å². The second-order valence-electron chi connectivity index (χ2n) is 6.49. The largest absolute Gasteiger partial charge is 0.449 e. The first-order valence-corrected chi connectivity index (χ1v) is 8.94. The van der Waals surface area contributed by atoms with Gasteiger partial charge in [0.2, 0.25) is 0 Å². The molecule has 0 bridgehead atoms. The van der Waals surface area contributed by atoms with Crippen LogP contribution in [-0.4, -0.2) is 31.0 Å². The number of alkyl carbamates (subject to hydrolysis) is 1. The first-order chi connectivity index (χ1) is 12.2. The minimum atomic E-state index is -0.391. The molecule has 4 nitrogen and oxygen atoms in total. The van der Waals surface area contributed by atoms with Crippen LogP contribution in [0.5, 0.6) is 0 Å². The van der Waals surface area contributed by atoms with Crippen molar-refractivity contribution in [3.05, 3.63) is 59.7 Å². The van der Waals surface area contributed by atoms with Crippen LogP contribution in [0.15, 0.2) is 48.5 Å². The third-order valence-electron chi connectivity index (χ3n) is 4.99. The van der Waals surface area contributed by atoms with E-state index in [1.807, 2.05) is 24.3 Å². The van der Waals surface area contributed by atoms with Crippen LogP contribution in [0.2, 0.25) is 0 Å². The monoisotopic (exact) mass is 339 g/mol. The zero-order valence-electron chi connectivity index (χ0n) is 14.6. The normalized spacial score (nSPS) is 13.8. The summed E-state index contributed by atoms with van der Waals surface area (Å²) in [5.74, 6) is 0.364. The molecule has 1 aliphatic rings. The van der Waals surface area contributed by atoms with Crippen LogP contribution in [0.3, 0.4) is 0 Å². The Morgan fingerprint density at radius 2 is 1.72 bits per heavy atom. The second kappa shape index (κ2) is 8.17. The fraction of sp³-hybridized carbons (Fsp3) is 0.381. The number of benzene rings is 2. The molecule has 0 aliphatic heterocycles. The summed E-state index contributed by atoms with van der Waals surface area (Å²) in [6.45, 7) is 3.06. The van der Waals surface area contributed by atoms with Crippen LogP contribution in [0.4, 0.5) is 4.79 Å². The Morgan fingerprint density at radius 1 is 1.12 bits per heavy atom. The van der Waals surface area contributed by atoms with Crippen molar-refractivity contribution in [2.24, 2.45) is 5.92 Å². The van der Waals surface area contributed by atoms with Gasteiger partial charge in [-0.05, 0) is 34.6 Å². The van der Waals surface area contributed by atoms with E-state index in [-0.39, 0.29) is 18.4 Å². The van der Waals surface area contributed by atoms with E-state index in [1.165, 1.54) is 22.3 Å². The Labute approximate surface area is 148 Å². The number of fused-ring (bicyclic) bond motifs is 3. The van der Waals surface area contributed by atoms with Gasteiger partial charge in [-0.3, -0.25) is 0 Å². The molecular weight excluding hydrogens is 314 g/mol. The van der Waals surface area contributed by atoms with E-state index in [2.05, 4.69) is 36.5 Å². The highest BCUT2D eigenvalue weighted by molar-refractivity contribution is 5.79. The van der Waals surface area contributed by atoms with Gasteiger partial charge in [-0.15, -0.1) is 0 Å². The van der Waals surface area contributed by atoms with Crippen molar-refractivity contribution in [1.29, 1.82) is 0 Å². The fourth-order valence-electron chi connectivity index (χ4n) is 3.51. The minimum absolute atomic E-state index is 0.0811. The molecule has 4 heteroatoms. The summed E-state index contributed by atoms with van der Waals surface area (Å²) in [6, 6.07) is 16.6. The number of ether oxygens (including phenoxy) is 1. The van der Waals surface area contributed by atoms with Gasteiger partial charge < -0.3 is 15.2 Å². The molecule has 3 rings (SSSR count). The summed E-state index contributed by atoms with van der Waals surface area (Å²) in [4.78, 5) is 12.1. The van der Waals surface area contributed by atoms with E-state index in [9.17, 15) is 4.79 Å². The molecule has 0 radical (unpaired) electrons. The number of aliphatic hydroxyl groups excluding tert-OH is 1. The summed E-state index contributed by atoms with van der Waals surface area (Å²) in [6.07, 6.45) is 1.22. The fourth-order valence-corrected chi connectivity index (χ4v) is 3.51. The molecule has 132 valence electrons. The lowest BCUT2D eigenvalue weighted by atomic mass is 9.98. The van der Waals surface area contributed by atoms with Gasteiger partial charge in [-0.1, -0.05) is 61.9 Å². The quantitative estimate of drug-likeness (QED) is 0.803. The molecule has 0 heterocycles. The zero-order chi connectivity index (χ0) is 17.6. The van der Waals surface area contributed by atoms with Crippen molar-refractivity contribution in [3.8, 4) is 11.1 Å². The van der Waals surface area contributed by atoms with Gasteiger partial charge >= 0.3 is 6.09 Å². The van der Waals surface area contributed by atoms with E-state index in [4.69, 9.17) is 9.84 Å². The predicted molar refractivity (Wildman–Crippen MR) is 98.6 cm³/mol. The number of carbonyl (C=O) groups excluding carboxylic acids is 1. The minimum Gasteiger partial charge on any atom is -0.449 e. The van der Waals surface area contributed by atoms with Crippen molar-refractivity contribution in [2.75, 3.05) is 19.8 Å². The van der Waals surface area contributed by atoms with Gasteiger partial charge in [0.05, 0.1) is 0 Å². The highest BCUT2D eigenvalue weighted by Crippen LogP contribution is 2.44. The third-order valence-corrected chi connectivity index (χ3v) is 4.99. The Kier molecular flexibility index (Phi) is 5.71. The van der Waals surface area contributed by atoms with Gasteiger partial charge in [0.25, 0.3) is 0 Å². The highest BCUT2D eigenvalue weighted by atomic mass is 16.5. The average Bonchev–Trinajstić information content (AvgIpc) is 2.97. The standard InChI is InChI=1S/C21H25NO3/c1-2-15(11-12-23)13-22-21(24)25-14-20-18-9-5-3-7-16(18)17-8-4-6-10-19(17)20/h3-10,15,20,23H,2,11-14H2,1H3,(H,22,24). The van der Waals surface area contributed by atoms with Crippen molar-refractivity contribution >= 4 is 6.09 Å². The second-order valence-corrected chi connectivity index (χ2v) is 6.49. The van der Waals surface area contributed by atoms with Crippen molar-refractivity contribution in [2.45, 2.75) is 25.7 Å². The summed E-state index contributed by atoms with van der Waals surface area (Å²) in [5, 5.41) is 11.8. The zero-order valence-corrected chi connectivity index (χ0v) is 14.6. The maximum absolute atomic E-state index is 12.1. The smallest absolute Gasteiger partial charge is 0.407 e. The Bertz CT molecular complexity index is 683. The Hall–Kier alpha value is -2.33. The summed E-state index contributed by atoms with van der Waals surface area (Å²) in [5.41, 5.74) is 4.87. The van der Waals surface area contributed by atoms with Crippen molar-refractivity contribution in [3.63, 3.8) is 0 Å². The van der Waals surface area contributed by atoms with Crippen LogP contribution in [0.25, 0.3) is 11.1 Å². The van der Waals surface area contributed by atoms with E-state index in [0.29, 0.717) is 19.6 Å². The van der Waals surface area contributed by atoms with Crippen LogP contribution >= 0.6 is 0 Å². The van der Waals surface area contributed by atoms with Gasteiger partial charge in [0.1, 0.15) is 6.61 Å². The van der Waals surface area contributed by atoms with Crippen LogP contribution in [0, 0.1) is 5.92 Å². The lowest BCUT2D eigenvalue weighted by Crippen LogP contribution is -2.31. The van der Waals surface area contributed by atoms with Gasteiger partial charge in [-0.2, -0.15) is 0 Å². The average molecular weight is 339 g/mol. The number of nitrogens with one attached hydrogen (secondary N) is 1. The number of carbonyl (C=O) groups is 1. The van der Waals surface area contributed by atoms with E-state index in [0.717, 1.165) is 6.42 Å². The lowest BCUT2D eigenvalue weighted by Gasteiger charge is -2.17. The topological polar surface area (TPSA) is 58.6 Å². The molecule has 0 spiro atoms. The summed E-state index contributed by atoms with van der Waals surface area (Å²) in [7, 11) is 0. The van der Waals surface area contributed by atoms with Gasteiger partial charge in [0.15, 0.2) is 0 Å². The van der Waals surface area contributed by atoms with E-state index < -0.39 is 6.09 Å². The molecule has 2 aromatic carbocycles. The Morgan fingerprint density at radius 3 is 2.28 bits per heavy atom. The molecular formula is C21H25NO3. The van der Waals surface area contributed by atoms with Gasteiger partial charge in [0, 0.05) is 19.1 Å². The summed E-state index contributed by atoms with van der Waals surface area (Å²) >= 11 is 0. The van der Waals surface area contributed by atoms with Crippen LogP contribution < -0.4 is 5.32 Å². The third kappa shape index (κ3) is 3.85. The molecule has 1 atom stereocenters. The van der Waals surface area contributed by atoms with Crippen molar-refractivity contribution < 1.29 is 14.6 Å². The number of amides is 1.